The molecule has 0 radical (unpaired) electrons. The summed E-state index contributed by atoms with van der Waals surface area (Å²) in [5.41, 5.74) is 4.48. The lowest BCUT2D eigenvalue weighted by Gasteiger charge is -2.31. The lowest BCUT2D eigenvalue weighted by Crippen LogP contribution is -2.43. The molecule has 18 heavy (non-hydrogen) atoms. The molecular weight excluding hydrogens is 222 g/mol. The maximum absolute atomic E-state index is 9.35. The molecule has 0 unspecified atom stereocenters. The minimum Gasteiger partial charge on any atom is -0.368 e. The van der Waals surface area contributed by atoms with Crippen LogP contribution in [0.4, 0.5) is 5.69 Å². The summed E-state index contributed by atoms with van der Waals surface area (Å²) in [4.78, 5) is 2.31. The molecule has 96 valence electrons. The van der Waals surface area contributed by atoms with Gasteiger partial charge in [0.2, 0.25) is 0 Å². The van der Waals surface area contributed by atoms with Crippen molar-refractivity contribution in [2.24, 2.45) is 0 Å². The monoisotopic (exact) mass is 243 g/mol. The summed E-state index contributed by atoms with van der Waals surface area (Å²) in [7, 11) is 0. The predicted octanol–water partition coefficient (Wildman–Crippen LogP) is 2.40. The van der Waals surface area contributed by atoms with Crippen LogP contribution in [0.25, 0.3) is 0 Å². The average Bonchev–Trinajstić information content (AvgIpc) is 2.39. The second kappa shape index (κ2) is 5.41. The lowest BCUT2D eigenvalue weighted by atomic mass is 9.94. The molecule has 0 atom stereocenters. The fourth-order valence-corrected chi connectivity index (χ4v) is 2.59. The number of anilines is 1. The van der Waals surface area contributed by atoms with E-state index in [2.05, 4.69) is 49.2 Å². The normalized spacial score (nSPS) is 15.8. The maximum Gasteiger partial charge on any atom is 0.101 e. The average molecular weight is 243 g/mol. The molecular formula is C15H21N3. The molecule has 1 heterocycles. The highest BCUT2D eigenvalue weighted by Gasteiger charge is 2.16. The van der Waals surface area contributed by atoms with Crippen LogP contribution in [0.2, 0.25) is 0 Å². The maximum atomic E-state index is 9.35. The molecule has 0 amide bonds. The van der Waals surface area contributed by atoms with Crippen LogP contribution in [0.5, 0.6) is 0 Å². The van der Waals surface area contributed by atoms with Crippen LogP contribution in [-0.4, -0.2) is 26.2 Å². The van der Waals surface area contributed by atoms with E-state index in [1.165, 1.54) is 11.1 Å². The van der Waals surface area contributed by atoms with Gasteiger partial charge in [0, 0.05) is 26.2 Å². The van der Waals surface area contributed by atoms with Crippen molar-refractivity contribution in [2.45, 2.75) is 26.7 Å². The first-order valence-electron chi connectivity index (χ1n) is 6.63. The first-order chi connectivity index (χ1) is 8.63. The molecule has 0 aromatic heterocycles. The SMILES string of the molecule is Cc1cc(N2CCNCC2)c(C#N)cc1C(C)C. The molecule has 0 spiro atoms. The summed E-state index contributed by atoms with van der Waals surface area (Å²) < 4.78 is 0. The van der Waals surface area contributed by atoms with Gasteiger partial charge in [0.25, 0.3) is 0 Å². The fraction of sp³-hybridized carbons (Fsp3) is 0.533. The third-order valence-corrected chi connectivity index (χ3v) is 3.58. The van der Waals surface area contributed by atoms with E-state index in [0.29, 0.717) is 5.92 Å². The number of piperazine rings is 1. The Morgan fingerprint density at radius 1 is 1.28 bits per heavy atom. The Kier molecular flexibility index (Phi) is 3.88. The number of hydrogen-bond donors (Lipinski definition) is 1. The van der Waals surface area contributed by atoms with Gasteiger partial charge in [0.05, 0.1) is 11.3 Å². The zero-order chi connectivity index (χ0) is 13.1. The van der Waals surface area contributed by atoms with Crippen LogP contribution in [0.3, 0.4) is 0 Å². The first-order valence-corrected chi connectivity index (χ1v) is 6.63. The highest BCUT2D eigenvalue weighted by atomic mass is 15.2. The molecule has 0 aliphatic carbocycles. The van der Waals surface area contributed by atoms with Crippen molar-refractivity contribution in [2.75, 3.05) is 31.1 Å². The molecule has 3 nitrogen and oxygen atoms in total. The van der Waals surface area contributed by atoms with Gasteiger partial charge in [-0.3, -0.25) is 0 Å². The Balaban J connectivity index is 2.41. The molecule has 0 bridgehead atoms. The second-order valence-electron chi connectivity index (χ2n) is 5.23. The van der Waals surface area contributed by atoms with Crippen molar-refractivity contribution >= 4 is 5.69 Å². The van der Waals surface area contributed by atoms with E-state index < -0.39 is 0 Å². The number of aryl methyl sites for hydroxylation is 1. The van der Waals surface area contributed by atoms with Gasteiger partial charge in [-0.05, 0) is 36.1 Å². The van der Waals surface area contributed by atoms with Crippen molar-refractivity contribution in [1.82, 2.24) is 5.32 Å². The predicted molar refractivity (Wildman–Crippen MR) is 75.1 cm³/mol. The van der Waals surface area contributed by atoms with E-state index in [1.807, 2.05) is 0 Å². The van der Waals surface area contributed by atoms with E-state index in [9.17, 15) is 5.26 Å². The summed E-state index contributed by atoms with van der Waals surface area (Å²) in [6, 6.07) is 6.60. The molecule has 1 saturated heterocycles. The van der Waals surface area contributed by atoms with Gasteiger partial charge in [-0.2, -0.15) is 5.26 Å². The van der Waals surface area contributed by atoms with E-state index in [-0.39, 0.29) is 0 Å². The van der Waals surface area contributed by atoms with Gasteiger partial charge in [-0.1, -0.05) is 13.8 Å². The molecule has 0 saturated carbocycles. The van der Waals surface area contributed by atoms with Crippen molar-refractivity contribution in [3.05, 3.63) is 28.8 Å². The Morgan fingerprint density at radius 3 is 2.50 bits per heavy atom. The van der Waals surface area contributed by atoms with E-state index in [0.717, 1.165) is 37.4 Å². The Bertz CT molecular complexity index is 465. The third-order valence-electron chi connectivity index (χ3n) is 3.58. The molecule has 2 rings (SSSR count). The van der Waals surface area contributed by atoms with Crippen LogP contribution in [-0.2, 0) is 0 Å². The van der Waals surface area contributed by atoms with Crippen molar-refractivity contribution in [3.63, 3.8) is 0 Å². The van der Waals surface area contributed by atoms with Gasteiger partial charge in [-0.15, -0.1) is 0 Å². The minimum atomic E-state index is 0.467. The number of nitrogens with zero attached hydrogens (tertiary/aromatic N) is 2. The van der Waals surface area contributed by atoms with Crippen molar-refractivity contribution in [1.29, 1.82) is 5.26 Å². The molecule has 1 N–H and O–H groups in total. The molecule has 1 aliphatic heterocycles. The number of nitriles is 1. The summed E-state index contributed by atoms with van der Waals surface area (Å²) in [6.07, 6.45) is 0. The van der Waals surface area contributed by atoms with Crippen LogP contribution in [0.1, 0.15) is 36.5 Å². The summed E-state index contributed by atoms with van der Waals surface area (Å²) >= 11 is 0. The fourth-order valence-electron chi connectivity index (χ4n) is 2.59. The largest absolute Gasteiger partial charge is 0.368 e. The summed E-state index contributed by atoms with van der Waals surface area (Å²) in [5, 5.41) is 12.7. The zero-order valence-corrected chi connectivity index (χ0v) is 11.5. The van der Waals surface area contributed by atoms with Gasteiger partial charge in [-0.25, -0.2) is 0 Å². The lowest BCUT2D eigenvalue weighted by molar-refractivity contribution is 0.588. The van der Waals surface area contributed by atoms with Gasteiger partial charge in [0.1, 0.15) is 6.07 Å². The van der Waals surface area contributed by atoms with Gasteiger partial charge < -0.3 is 10.2 Å². The quantitative estimate of drug-likeness (QED) is 0.867. The molecule has 1 aromatic carbocycles. The highest BCUT2D eigenvalue weighted by molar-refractivity contribution is 5.63. The minimum absolute atomic E-state index is 0.467. The number of hydrogen-bond acceptors (Lipinski definition) is 3. The van der Waals surface area contributed by atoms with Crippen LogP contribution < -0.4 is 10.2 Å². The highest BCUT2D eigenvalue weighted by Crippen LogP contribution is 2.28. The smallest absolute Gasteiger partial charge is 0.101 e. The summed E-state index contributed by atoms with van der Waals surface area (Å²) in [5.74, 6) is 0.467. The van der Waals surface area contributed by atoms with Crippen molar-refractivity contribution in [3.8, 4) is 6.07 Å². The van der Waals surface area contributed by atoms with Crippen LogP contribution >= 0.6 is 0 Å². The standard InChI is InChI=1S/C15H21N3/c1-11(2)14-9-13(10-16)15(8-12(14)3)18-6-4-17-5-7-18/h8-9,11,17H,4-7H2,1-3H3. The Labute approximate surface area is 109 Å². The zero-order valence-electron chi connectivity index (χ0n) is 11.5. The molecule has 1 aliphatic rings. The topological polar surface area (TPSA) is 39.1 Å². The van der Waals surface area contributed by atoms with Crippen molar-refractivity contribution < 1.29 is 0 Å². The number of benzene rings is 1. The Morgan fingerprint density at radius 2 is 1.94 bits per heavy atom. The second-order valence-corrected chi connectivity index (χ2v) is 5.23. The van der Waals surface area contributed by atoms with E-state index >= 15 is 0 Å². The molecule has 1 aromatic rings. The van der Waals surface area contributed by atoms with Gasteiger partial charge >= 0.3 is 0 Å². The van der Waals surface area contributed by atoms with Crippen LogP contribution in [0, 0.1) is 18.3 Å². The van der Waals surface area contributed by atoms with Crippen LogP contribution in [0.15, 0.2) is 12.1 Å². The van der Waals surface area contributed by atoms with E-state index in [1.54, 1.807) is 0 Å². The number of rotatable bonds is 2. The first kappa shape index (κ1) is 12.9. The Hall–Kier alpha value is -1.53. The van der Waals surface area contributed by atoms with E-state index in [4.69, 9.17) is 0 Å². The third kappa shape index (κ3) is 2.49. The molecule has 1 fully saturated rings. The molecule has 3 heteroatoms. The number of nitrogens with one attached hydrogen (secondary N) is 1. The van der Waals surface area contributed by atoms with Gasteiger partial charge in [0.15, 0.2) is 0 Å². The summed E-state index contributed by atoms with van der Waals surface area (Å²) in [6.45, 7) is 10.4.